The fraction of sp³-hybridized carbons (Fsp3) is 0.174. The van der Waals surface area contributed by atoms with Gasteiger partial charge in [0.15, 0.2) is 0 Å². The molecule has 0 aromatic heterocycles. The molecule has 0 saturated carbocycles. The van der Waals surface area contributed by atoms with Crippen LogP contribution in [-0.4, -0.2) is 27.2 Å². The molecular formula is C23H23ClN2O4S2. The van der Waals surface area contributed by atoms with Crippen molar-refractivity contribution in [1.82, 2.24) is 0 Å². The third-order valence-corrected chi connectivity index (χ3v) is 7.38. The summed E-state index contributed by atoms with van der Waals surface area (Å²) in [4.78, 5) is 13.4. The molecule has 6 nitrogen and oxygen atoms in total. The predicted molar refractivity (Wildman–Crippen MR) is 131 cm³/mol. The molecule has 168 valence electrons. The second kappa shape index (κ2) is 10.3. The molecule has 0 spiro atoms. The summed E-state index contributed by atoms with van der Waals surface area (Å²) in [6.07, 6.45) is 0. The Morgan fingerprint density at radius 3 is 2.31 bits per heavy atom. The van der Waals surface area contributed by atoms with Gasteiger partial charge in [-0.3, -0.25) is 9.52 Å². The minimum atomic E-state index is -3.66. The molecule has 3 aromatic rings. The van der Waals surface area contributed by atoms with Crippen molar-refractivity contribution in [2.75, 3.05) is 22.9 Å². The van der Waals surface area contributed by atoms with Crippen LogP contribution in [0.15, 0.2) is 70.5 Å². The van der Waals surface area contributed by atoms with E-state index in [4.69, 9.17) is 16.3 Å². The number of amides is 1. The van der Waals surface area contributed by atoms with Crippen LogP contribution in [0.2, 0.25) is 5.02 Å². The van der Waals surface area contributed by atoms with Crippen molar-refractivity contribution < 1.29 is 17.9 Å². The van der Waals surface area contributed by atoms with Crippen LogP contribution in [-0.2, 0) is 14.8 Å². The van der Waals surface area contributed by atoms with E-state index in [0.29, 0.717) is 22.1 Å². The maximum Gasteiger partial charge on any atom is 0.261 e. The van der Waals surface area contributed by atoms with Gasteiger partial charge in [-0.25, -0.2) is 8.42 Å². The van der Waals surface area contributed by atoms with E-state index in [2.05, 4.69) is 10.0 Å². The molecule has 9 heteroatoms. The van der Waals surface area contributed by atoms with E-state index >= 15 is 0 Å². The summed E-state index contributed by atoms with van der Waals surface area (Å²) in [5.41, 5.74) is 2.82. The quantitative estimate of drug-likeness (QED) is 0.407. The third-order valence-electron chi connectivity index (χ3n) is 4.56. The molecule has 0 unspecified atom stereocenters. The van der Waals surface area contributed by atoms with E-state index in [1.165, 1.54) is 18.9 Å². The number of hydrogen-bond donors (Lipinski definition) is 2. The molecule has 2 N–H and O–H groups in total. The summed E-state index contributed by atoms with van der Waals surface area (Å²) in [6.45, 7) is 3.74. The maximum atomic E-state index is 12.5. The number of carbonyl (C=O) groups excluding carboxylic acids is 1. The van der Waals surface area contributed by atoms with Crippen LogP contribution in [0.3, 0.4) is 0 Å². The second-order valence-electron chi connectivity index (χ2n) is 7.08. The van der Waals surface area contributed by atoms with Crippen LogP contribution in [0.5, 0.6) is 5.75 Å². The van der Waals surface area contributed by atoms with Gasteiger partial charge in [0.25, 0.3) is 10.0 Å². The normalized spacial score (nSPS) is 11.1. The number of halogens is 1. The fourth-order valence-corrected chi connectivity index (χ4v) is 4.73. The van der Waals surface area contributed by atoms with Crippen molar-refractivity contribution >= 4 is 50.7 Å². The van der Waals surface area contributed by atoms with Gasteiger partial charge in [0.1, 0.15) is 5.75 Å². The number of carbonyl (C=O) groups is 1. The minimum Gasteiger partial charge on any atom is -0.495 e. The monoisotopic (exact) mass is 490 g/mol. The van der Waals surface area contributed by atoms with Gasteiger partial charge in [-0.1, -0.05) is 29.3 Å². The number of anilines is 2. The van der Waals surface area contributed by atoms with Crippen molar-refractivity contribution in [3.63, 3.8) is 0 Å². The highest BCUT2D eigenvalue weighted by atomic mass is 35.5. The van der Waals surface area contributed by atoms with Crippen LogP contribution in [0.1, 0.15) is 11.1 Å². The highest BCUT2D eigenvalue weighted by molar-refractivity contribution is 8.00. The first-order valence-electron chi connectivity index (χ1n) is 9.64. The van der Waals surface area contributed by atoms with Gasteiger partial charge in [0.05, 0.1) is 23.4 Å². The topological polar surface area (TPSA) is 84.5 Å². The molecular weight excluding hydrogens is 468 g/mol. The van der Waals surface area contributed by atoms with Gasteiger partial charge < -0.3 is 10.1 Å². The average Bonchev–Trinajstić information content (AvgIpc) is 2.75. The Labute approximate surface area is 197 Å². The summed E-state index contributed by atoms with van der Waals surface area (Å²) in [6, 6.07) is 16.9. The Morgan fingerprint density at radius 1 is 1.03 bits per heavy atom. The van der Waals surface area contributed by atoms with Gasteiger partial charge in [-0.15, -0.1) is 11.8 Å². The van der Waals surface area contributed by atoms with Gasteiger partial charge in [0, 0.05) is 21.7 Å². The molecule has 3 rings (SSSR count). The summed E-state index contributed by atoms with van der Waals surface area (Å²) in [5, 5.41) is 3.39. The van der Waals surface area contributed by atoms with Crippen molar-refractivity contribution in [3.05, 3.63) is 76.8 Å². The average molecular weight is 491 g/mol. The third kappa shape index (κ3) is 6.18. The summed E-state index contributed by atoms with van der Waals surface area (Å²) in [7, 11) is -2.14. The summed E-state index contributed by atoms with van der Waals surface area (Å²) >= 11 is 7.43. The standard InChI is InChI=1S/C23H23ClN2O4S2/c1-15-4-10-19(11-5-15)32(28,29)26-17-6-8-18(9-7-17)31-14-23(27)25-21-12-16(2)20(24)13-22(21)30-3/h4-13,26H,14H2,1-3H3,(H,25,27). The smallest absolute Gasteiger partial charge is 0.261 e. The van der Waals surface area contributed by atoms with Crippen molar-refractivity contribution in [3.8, 4) is 5.75 Å². The number of benzene rings is 3. The molecule has 0 atom stereocenters. The highest BCUT2D eigenvalue weighted by Gasteiger charge is 2.14. The Bertz CT molecular complexity index is 1210. The van der Waals surface area contributed by atoms with Gasteiger partial charge in [0.2, 0.25) is 5.91 Å². The van der Waals surface area contributed by atoms with Crippen LogP contribution >= 0.6 is 23.4 Å². The number of methoxy groups -OCH3 is 1. The zero-order valence-corrected chi connectivity index (χ0v) is 20.2. The SMILES string of the molecule is COc1cc(Cl)c(C)cc1NC(=O)CSc1ccc(NS(=O)(=O)c2ccc(C)cc2)cc1. The molecule has 3 aromatic carbocycles. The Hall–Kier alpha value is -2.68. The van der Waals surface area contributed by atoms with Crippen molar-refractivity contribution in [2.24, 2.45) is 0 Å². The maximum absolute atomic E-state index is 12.5. The molecule has 0 bridgehead atoms. The van der Waals surface area contributed by atoms with Gasteiger partial charge in [-0.05, 0) is 61.9 Å². The van der Waals surface area contributed by atoms with E-state index < -0.39 is 10.0 Å². The Balaban J connectivity index is 1.58. The van der Waals surface area contributed by atoms with E-state index in [1.54, 1.807) is 60.7 Å². The number of nitrogens with one attached hydrogen (secondary N) is 2. The number of rotatable bonds is 8. The lowest BCUT2D eigenvalue weighted by Gasteiger charge is -2.12. The van der Waals surface area contributed by atoms with Crippen molar-refractivity contribution in [2.45, 2.75) is 23.6 Å². The molecule has 1 amide bonds. The first-order valence-corrected chi connectivity index (χ1v) is 12.5. The van der Waals surface area contributed by atoms with Gasteiger partial charge >= 0.3 is 0 Å². The molecule has 0 aliphatic rings. The zero-order chi connectivity index (χ0) is 23.3. The lowest BCUT2D eigenvalue weighted by Crippen LogP contribution is -2.15. The van der Waals surface area contributed by atoms with Crippen LogP contribution in [0.4, 0.5) is 11.4 Å². The summed E-state index contributed by atoms with van der Waals surface area (Å²) in [5.74, 6) is 0.475. The fourth-order valence-electron chi connectivity index (χ4n) is 2.82. The largest absolute Gasteiger partial charge is 0.495 e. The Kier molecular flexibility index (Phi) is 7.71. The van der Waals surface area contributed by atoms with Gasteiger partial charge in [-0.2, -0.15) is 0 Å². The lowest BCUT2D eigenvalue weighted by atomic mass is 10.2. The highest BCUT2D eigenvalue weighted by Crippen LogP contribution is 2.31. The number of sulfonamides is 1. The van der Waals surface area contributed by atoms with Crippen LogP contribution < -0.4 is 14.8 Å². The first-order chi connectivity index (χ1) is 15.2. The van der Waals surface area contributed by atoms with E-state index in [9.17, 15) is 13.2 Å². The number of hydrogen-bond acceptors (Lipinski definition) is 5. The minimum absolute atomic E-state index is 0.180. The molecule has 0 radical (unpaired) electrons. The zero-order valence-electron chi connectivity index (χ0n) is 17.8. The molecule has 0 aliphatic carbocycles. The number of thioether (sulfide) groups is 1. The lowest BCUT2D eigenvalue weighted by molar-refractivity contribution is -0.113. The molecule has 0 aliphatic heterocycles. The van der Waals surface area contributed by atoms with E-state index in [0.717, 1.165) is 16.0 Å². The predicted octanol–water partition coefficient (Wildman–Crippen LogP) is 5.50. The number of aryl methyl sites for hydroxylation is 2. The van der Waals surface area contributed by atoms with Crippen LogP contribution in [0.25, 0.3) is 0 Å². The molecule has 0 fully saturated rings. The summed E-state index contributed by atoms with van der Waals surface area (Å²) < 4.78 is 32.8. The van der Waals surface area contributed by atoms with E-state index in [1.807, 2.05) is 13.8 Å². The molecule has 32 heavy (non-hydrogen) atoms. The molecule has 0 saturated heterocycles. The van der Waals surface area contributed by atoms with E-state index in [-0.39, 0.29) is 16.6 Å². The first kappa shape index (κ1) is 24.0. The Morgan fingerprint density at radius 2 is 1.69 bits per heavy atom. The van der Waals surface area contributed by atoms with Crippen molar-refractivity contribution in [1.29, 1.82) is 0 Å². The molecule has 0 heterocycles. The van der Waals surface area contributed by atoms with Crippen LogP contribution in [0, 0.1) is 13.8 Å². The second-order valence-corrected chi connectivity index (χ2v) is 10.2. The number of ether oxygens (including phenoxy) is 1.